The summed E-state index contributed by atoms with van der Waals surface area (Å²) in [6.45, 7) is 5.78. The van der Waals surface area contributed by atoms with E-state index < -0.39 is 0 Å². The fourth-order valence-electron chi connectivity index (χ4n) is 0.630. The maximum Gasteiger partial charge on any atom is -0.000168 e. The molecule has 9 heavy (non-hydrogen) atoms. The van der Waals surface area contributed by atoms with Gasteiger partial charge in [-0.25, -0.2) is 0 Å². The van der Waals surface area contributed by atoms with Gasteiger partial charge >= 0.3 is 0 Å². The first kappa shape index (κ1) is 9.21. The Kier molecular flexibility index (Phi) is 6.48. The molecule has 0 N–H and O–H groups in total. The van der Waals surface area contributed by atoms with Crippen molar-refractivity contribution in [3.63, 3.8) is 0 Å². The van der Waals surface area contributed by atoms with Crippen LogP contribution in [0.2, 0.25) is 0 Å². The van der Waals surface area contributed by atoms with Gasteiger partial charge in [0.05, 0.1) is 0 Å². The Bertz CT molecular complexity index is 103. The molecule has 0 rings (SSSR count). The third kappa shape index (κ3) is 6.09. The third-order valence-corrected chi connectivity index (χ3v) is 1.87. The first-order valence-corrected chi connectivity index (χ1v) is 4.68. The molecule has 0 aromatic carbocycles. The van der Waals surface area contributed by atoms with Crippen LogP contribution in [0, 0.1) is 0 Å². The summed E-state index contributed by atoms with van der Waals surface area (Å²) in [6, 6.07) is 0. The largest absolute Gasteiger partial charge is 0.0991 e. The number of hydrogen-bond donors (Lipinski definition) is 0. The van der Waals surface area contributed by atoms with E-state index in [2.05, 4.69) is 42.2 Å². The summed E-state index contributed by atoms with van der Waals surface area (Å²) in [4.78, 5) is 0. The maximum atomic E-state index is 3.63. The van der Waals surface area contributed by atoms with Gasteiger partial charge in [0.15, 0.2) is 0 Å². The average Bonchev–Trinajstić information content (AvgIpc) is 1.85. The SMILES string of the molecule is C=C/C=C(\C)CCCI. The Hall–Kier alpha value is 0.210. The number of hydrogen-bond acceptors (Lipinski definition) is 0. The van der Waals surface area contributed by atoms with Crippen molar-refractivity contribution >= 4 is 22.6 Å². The van der Waals surface area contributed by atoms with Gasteiger partial charge < -0.3 is 0 Å². The Morgan fingerprint density at radius 3 is 2.78 bits per heavy atom. The van der Waals surface area contributed by atoms with Gasteiger partial charge in [0.1, 0.15) is 0 Å². The van der Waals surface area contributed by atoms with Crippen molar-refractivity contribution in [2.75, 3.05) is 4.43 Å². The number of halogens is 1. The average molecular weight is 236 g/mol. The summed E-state index contributed by atoms with van der Waals surface area (Å²) in [5.74, 6) is 0. The van der Waals surface area contributed by atoms with Gasteiger partial charge in [-0.2, -0.15) is 0 Å². The topological polar surface area (TPSA) is 0 Å². The third-order valence-electron chi connectivity index (χ3n) is 1.11. The minimum absolute atomic E-state index is 1.22. The van der Waals surface area contributed by atoms with Crippen molar-refractivity contribution in [1.29, 1.82) is 0 Å². The molecule has 52 valence electrons. The van der Waals surface area contributed by atoms with Crippen LogP contribution in [-0.2, 0) is 0 Å². The zero-order chi connectivity index (χ0) is 7.11. The van der Waals surface area contributed by atoms with E-state index in [9.17, 15) is 0 Å². The molecule has 0 bridgehead atoms. The Morgan fingerprint density at radius 2 is 2.33 bits per heavy atom. The molecule has 0 aliphatic carbocycles. The number of allylic oxidation sites excluding steroid dienone is 3. The van der Waals surface area contributed by atoms with E-state index >= 15 is 0 Å². The fourth-order valence-corrected chi connectivity index (χ4v) is 1.01. The van der Waals surface area contributed by atoms with E-state index in [-0.39, 0.29) is 0 Å². The minimum Gasteiger partial charge on any atom is -0.0991 e. The monoisotopic (exact) mass is 236 g/mol. The Morgan fingerprint density at radius 1 is 1.67 bits per heavy atom. The van der Waals surface area contributed by atoms with Crippen LogP contribution in [0.15, 0.2) is 24.3 Å². The lowest BCUT2D eigenvalue weighted by Gasteiger charge is -1.94. The maximum absolute atomic E-state index is 3.63. The molecule has 0 saturated carbocycles. The molecule has 0 spiro atoms. The lowest BCUT2D eigenvalue weighted by Crippen LogP contribution is -1.77. The first-order chi connectivity index (χ1) is 4.31. The standard InChI is InChI=1S/C8H13I/c1-3-5-8(2)6-4-7-9/h3,5H,1,4,6-7H2,2H3/b8-5+. The highest BCUT2D eigenvalue weighted by Crippen LogP contribution is 2.04. The van der Waals surface area contributed by atoms with Crippen LogP contribution in [0.5, 0.6) is 0 Å². The normalized spacial score (nSPS) is 11.6. The second-order valence-corrected chi connectivity index (χ2v) is 3.12. The summed E-state index contributed by atoms with van der Waals surface area (Å²) >= 11 is 2.40. The van der Waals surface area contributed by atoms with Crippen LogP contribution < -0.4 is 0 Å². The van der Waals surface area contributed by atoms with Crippen molar-refractivity contribution < 1.29 is 0 Å². The van der Waals surface area contributed by atoms with Gasteiger partial charge in [0.2, 0.25) is 0 Å². The van der Waals surface area contributed by atoms with E-state index in [4.69, 9.17) is 0 Å². The Balaban J connectivity index is 3.36. The van der Waals surface area contributed by atoms with E-state index in [0.29, 0.717) is 0 Å². The first-order valence-electron chi connectivity index (χ1n) is 3.15. The van der Waals surface area contributed by atoms with Crippen LogP contribution in [0.3, 0.4) is 0 Å². The molecule has 0 aliphatic rings. The number of rotatable bonds is 4. The van der Waals surface area contributed by atoms with E-state index in [0.717, 1.165) is 0 Å². The summed E-state index contributed by atoms with van der Waals surface area (Å²) < 4.78 is 1.25. The molecule has 0 aliphatic heterocycles. The van der Waals surface area contributed by atoms with Gasteiger partial charge in [-0.1, -0.05) is 46.9 Å². The van der Waals surface area contributed by atoms with Gasteiger partial charge in [-0.3, -0.25) is 0 Å². The predicted molar refractivity (Wildman–Crippen MR) is 52.1 cm³/mol. The molecule has 0 fully saturated rings. The van der Waals surface area contributed by atoms with Gasteiger partial charge in [-0.05, 0) is 24.2 Å². The van der Waals surface area contributed by atoms with Crippen LogP contribution in [0.4, 0.5) is 0 Å². The molecular weight excluding hydrogens is 223 g/mol. The van der Waals surface area contributed by atoms with E-state index in [1.807, 2.05) is 6.08 Å². The fraction of sp³-hybridized carbons (Fsp3) is 0.500. The highest BCUT2D eigenvalue weighted by Gasteiger charge is 1.85. The zero-order valence-corrected chi connectivity index (χ0v) is 8.02. The molecule has 0 radical (unpaired) electrons. The molecule has 0 amide bonds. The second-order valence-electron chi connectivity index (χ2n) is 2.04. The molecule has 1 heteroatoms. The summed E-state index contributed by atoms with van der Waals surface area (Å²) in [7, 11) is 0. The highest BCUT2D eigenvalue weighted by atomic mass is 127. The molecule has 0 heterocycles. The molecule has 0 nitrogen and oxygen atoms in total. The molecule has 0 aromatic heterocycles. The molecular formula is C8H13I. The lowest BCUT2D eigenvalue weighted by atomic mass is 10.2. The number of alkyl halides is 1. The Labute approximate surface area is 71.2 Å². The van der Waals surface area contributed by atoms with Gasteiger partial charge in [-0.15, -0.1) is 0 Å². The van der Waals surface area contributed by atoms with Crippen molar-refractivity contribution in [1.82, 2.24) is 0 Å². The molecule has 0 unspecified atom stereocenters. The minimum atomic E-state index is 1.22. The highest BCUT2D eigenvalue weighted by molar-refractivity contribution is 14.1. The van der Waals surface area contributed by atoms with Crippen molar-refractivity contribution in [3.05, 3.63) is 24.3 Å². The molecule has 0 aromatic rings. The molecule has 0 saturated heterocycles. The lowest BCUT2D eigenvalue weighted by molar-refractivity contribution is 0.928. The van der Waals surface area contributed by atoms with Gasteiger partial charge in [0.25, 0.3) is 0 Å². The van der Waals surface area contributed by atoms with Crippen LogP contribution >= 0.6 is 22.6 Å². The van der Waals surface area contributed by atoms with Crippen LogP contribution in [0.1, 0.15) is 19.8 Å². The predicted octanol–water partition coefficient (Wildman–Crippen LogP) is 3.33. The van der Waals surface area contributed by atoms with Crippen LogP contribution in [0.25, 0.3) is 0 Å². The summed E-state index contributed by atoms with van der Waals surface area (Å²) in [5, 5.41) is 0. The van der Waals surface area contributed by atoms with E-state index in [1.165, 1.54) is 22.8 Å². The van der Waals surface area contributed by atoms with Crippen molar-refractivity contribution in [2.45, 2.75) is 19.8 Å². The van der Waals surface area contributed by atoms with Crippen molar-refractivity contribution in [3.8, 4) is 0 Å². The summed E-state index contributed by atoms with van der Waals surface area (Å²) in [5.41, 5.74) is 1.43. The van der Waals surface area contributed by atoms with Crippen molar-refractivity contribution in [2.24, 2.45) is 0 Å². The van der Waals surface area contributed by atoms with E-state index in [1.54, 1.807) is 0 Å². The molecule has 0 atom stereocenters. The zero-order valence-electron chi connectivity index (χ0n) is 5.86. The van der Waals surface area contributed by atoms with Crippen LogP contribution in [-0.4, -0.2) is 4.43 Å². The quantitative estimate of drug-likeness (QED) is 0.399. The van der Waals surface area contributed by atoms with Gasteiger partial charge in [0, 0.05) is 0 Å². The smallest absolute Gasteiger partial charge is 0.000168 e. The second kappa shape index (κ2) is 6.33. The summed E-state index contributed by atoms with van der Waals surface area (Å²) in [6.07, 6.45) is 6.43.